The molecule has 0 bridgehead atoms. The second-order valence-corrected chi connectivity index (χ2v) is 4.69. The van der Waals surface area contributed by atoms with Crippen LogP contribution in [0.2, 0.25) is 0 Å². The van der Waals surface area contributed by atoms with Crippen molar-refractivity contribution in [3.05, 3.63) is 30.0 Å². The highest BCUT2D eigenvalue weighted by atomic mass is 16.4. The van der Waals surface area contributed by atoms with Crippen LogP contribution in [0.3, 0.4) is 0 Å². The average Bonchev–Trinajstić information content (AvgIpc) is 2.33. The lowest BCUT2D eigenvalue weighted by Crippen LogP contribution is -2.21. The van der Waals surface area contributed by atoms with Crippen molar-refractivity contribution < 1.29 is 9.90 Å². The van der Waals surface area contributed by atoms with E-state index in [9.17, 15) is 4.79 Å². The van der Waals surface area contributed by atoms with Crippen molar-refractivity contribution in [1.29, 1.82) is 0 Å². The minimum absolute atomic E-state index is 0.633. The zero-order valence-corrected chi connectivity index (χ0v) is 11.1. The fourth-order valence-electron chi connectivity index (χ4n) is 1.58. The fourth-order valence-corrected chi connectivity index (χ4v) is 1.58. The predicted molar refractivity (Wildman–Crippen MR) is 73.6 cm³/mol. The van der Waals surface area contributed by atoms with E-state index < -0.39 is 5.97 Å². The number of hydrogen-bond donors (Lipinski definition) is 1. The fraction of sp³-hybridized carbons (Fsp3) is 0.429. The monoisotopic (exact) mass is 248 g/mol. The van der Waals surface area contributed by atoms with Gasteiger partial charge in [0.25, 0.3) is 0 Å². The standard InChI is InChI=1S/C14H20N2O2/c1-11(2)8-10-16(3)14-12(5-4-9-15-14)6-7-13(17)18/h4-7,9,11H,8,10H2,1-3H3,(H,17,18)/b7-6+. The summed E-state index contributed by atoms with van der Waals surface area (Å²) in [6.45, 7) is 5.26. The van der Waals surface area contributed by atoms with Crippen LogP contribution in [0, 0.1) is 5.92 Å². The normalized spacial score (nSPS) is 11.1. The van der Waals surface area contributed by atoms with Crippen LogP contribution < -0.4 is 4.90 Å². The molecule has 1 aromatic rings. The van der Waals surface area contributed by atoms with Crippen LogP contribution in [0.15, 0.2) is 24.4 Å². The molecule has 0 saturated heterocycles. The lowest BCUT2D eigenvalue weighted by Gasteiger charge is -2.20. The molecule has 0 unspecified atom stereocenters. The zero-order valence-electron chi connectivity index (χ0n) is 11.1. The molecule has 0 saturated carbocycles. The molecule has 4 heteroatoms. The Bertz CT molecular complexity index is 428. The third kappa shape index (κ3) is 4.57. The molecule has 0 radical (unpaired) electrons. The van der Waals surface area contributed by atoms with Gasteiger partial charge in [-0.1, -0.05) is 13.8 Å². The van der Waals surface area contributed by atoms with Crippen LogP contribution in [-0.2, 0) is 4.79 Å². The Labute approximate surface area is 108 Å². The quantitative estimate of drug-likeness (QED) is 0.786. The smallest absolute Gasteiger partial charge is 0.328 e. The maximum absolute atomic E-state index is 10.5. The summed E-state index contributed by atoms with van der Waals surface area (Å²) in [5, 5.41) is 8.66. The van der Waals surface area contributed by atoms with Crippen LogP contribution >= 0.6 is 0 Å². The number of carbonyl (C=O) groups is 1. The lowest BCUT2D eigenvalue weighted by atomic mass is 10.1. The van der Waals surface area contributed by atoms with Crippen LogP contribution in [0.5, 0.6) is 0 Å². The molecule has 1 aromatic heterocycles. The van der Waals surface area contributed by atoms with Gasteiger partial charge < -0.3 is 10.0 Å². The Morgan fingerprint density at radius 3 is 2.89 bits per heavy atom. The van der Waals surface area contributed by atoms with Gasteiger partial charge in [-0.3, -0.25) is 0 Å². The predicted octanol–water partition coefficient (Wildman–Crippen LogP) is 2.66. The Morgan fingerprint density at radius 2 is 2.28 bits per heavy atom. The van der Waals surface area contributed by atoms with Gasteiger partial charge in [0.05, 0.1) is 0 Å². The topological polar surface area (TPSA) is 53.4 Å². The van der Waals surface area contributed by atoms with Gasteiger partial charge in [0.2, 0.25) is 0 Å². The maximum atomic E-state index is 10.5. The largest absolute Gasteiger partial charge is 0.478 e. The first kappa shape index (κ1) is 14.2. The number of hydrogen-bond acceptors (Lipinski definition) is 3. The van der Waals surface area contributed by atoms with Crippen molar-refractivity contribution in [3.63, 3.8) is 0 Å². The molecule has 0 amide bonds. The van der Waals surface area contributed by atoms with Crippen molar-refractivity contribution in [1.82, 2.24) is 4.98 Å². The maximum Gasteiger partial charge on any atom is 0.328 e. The van der Waals surface area contributed by atoms with E-state index in [0.717, 1.165) is 30.4 Å². The van der Waals surface area contributed by atoms with Gasteiger partial charge in [-0.05, 0) is 30.5 Å². The second-order valence-electron chi connectivity index (χ2n) is 4.69. The highest BCUT2D eigenvalue weighted by molar-refractivity contribution is 5.86. The van der Waals surface area contributed by atoms with E-state index in [1.807, 2.05) is 13.1 Å². The Hall–Kier alpha value is -1.84. The number of pyridine rings is 1. The minimum Gasteiger partial charge on any atom is -0.478 e. The molecular weight excluding hydrogens is 228 g/mol. The van der Waals surface area contributed by atoms with E-state index in [1.54, 1.807) is 18.3 Å². The third-order valence-electron chi connectivity index (χ3n) is 2.63. The van der Waals surface area contributed by atoms with E-state index in [2.05, 4.69) is 23.7 Å². The average molecular weight is 248 g/mol. The van der Waals surface area contributed by atoms with Gasteiger partial charge in [0.15, 0.2) is 0 Å². The molecule has 1 N–H and O–H groups in total. The zero-order chi connectivity index (χ0) is 13.5. The van der Waals surface area contributed by atoms with E-state index in [0.29, 0.717) is 5.92 Å². The molecule has 0 spiro atoms. The first-order valence-electron chi connectivity index (χ1n) is 6.08. The summed E-state index contributed by atoms with van der Waals surface area (Å²) < 4.78 is 0. The molecule has 18 heavy (non-hydrogen) atoms. The second kappa shape index (κ2) is 6.79. The molecule has 1 heterocycles. The summed E-state index contributed by atoms with van der Waals surface area (Å²) in [6.07, 6.45) is 5.52. The highest BCUT2D eigenvalue weighted by Gasteiger charge is 2.07. The van der Waals surface area contributed by atoms with Crippen LogP contribution in [-0.4, -0.2) is 29.7 Å². The molecular formula is C14H20N2O2. The summed E-state index contributed by atoms with van der Waals surface area (Å²) in [5.74, 6) is 0.500. The molecule has 98 valence electrons. The van der Waals surface area contributed by atoms with E-state index in [4.69, 9.17) is 5.11 Å². The van der Waals surface area contributed by atoms with Gasteiger partial charge >= 0.3 is 5.97 Å². The summed E-state index contributed by atoms with van der Waals surface area (Å²) in [7, 11) is 1.98. The van der Waals surface area contributed by atoms with Gasteiger partial charge in [0.1, 0.15) is 5.82 Å². The minimum atomic E-state index is -0.949. The number of carboxylic acids is 1. The summed E-state index contributed by atoms with van der Waals surface area (Å²) in [5.41, 5.74) is 0.825. The summed E-state index contributed by atoms with van der Waals surface area (Å²) in [6, 6.07) is 3.68. The number of carboxylic acid groups (broad SMARTS) is 1. The Balaban J connectivity index is 2.84. The molecule has 0 atom stereocenters. The molecule has 0 aliphatic rings. The van der Waals surface area contributed by atoms with Crippen molar-refractivity contribution in [3.8, 4) is 0 Å². The SMILES string of the molecule is CC(C)CCN(C)c1ncccc1/C=C/C(=O)O. The van der Waals surface area contributed by atoms with Gasteiger partial charge in [-0.25, -0.2) is 9.78 Å². The first-order chi connectivity index (χ1) is 8.50. The Morgan fingerprint density at radius 1 is 1.56 bits per heavy atom. The highest BCUT2D eigenvalue weighted by Crippen LogP contribution is 2.18. The summed E-state index contributed by atoms with van der Waals surface area (Å²) in [4.78, 5) is 16.9. The molecule has 0 aromatic carbocycles. The number of anilines is 1. The molecule has 4 nitrogen and oxygen atoms in total. The number of rotatable bonds is 6. The van der Waals surface area contributed by atoms with Crippen molar-refractivity contribution in [2.24, 2.45) is 5.92 Å². The van der Waals surface area contributed by atoms with Crippen molar-refractivity contribution in [2.45, 2.75) is 20.3 Å². The molecule has 0 aliphatic carbocycles. The molecule has 0 fully saturated rings. The first-order valence-corrected chi connectivity index (χ1v) is 6.08. The van der Waals surface area contributed by atoms with Crippen molar-refractivity contribution >= 4 is 17.9 Å². The lowest BCUT2D eigenvalue weighted by molar-refractivity contribution is -0.131. The van der Waals surface area contributed by atoms with Crippen LogP contribution in [0.4, 0.5) is 5.82 Å². The number of aliphatic carboxylic acids is 1. The number of nitrogens with zero attached hydrogens (tertiary/aromatic N) is 2. The number of aromatic nitrogens is 1. The van der Waals surface area contributed by atoms with Gasteiger partial charge in [-0.2, -0.15) is 0 Å². The molecule has 0 aliphatic heterocycles. The van der Waals surface area contributed by atoms with E-state index in [1.165, 1.54) is 0 Å². The van der Waals surface area contributed by atoms with Gasteiger partial charge in [-0.15, -0.1) is 0 Å². The summed E-state index contributed by atoms with van der Waals surface area (Å²) >= 11 is 0. The Kier molecular flexibility index (Phi) is 5.36. The molecule has 1 rings (SSSR count). The van der Waals surface area contributed by atoms with Crippen molar-refractivity contribution in [2.75, 3.05) is 18.5 Å². The van der Waals surface area contributed by atoms with E-state index >= 15 is 0 Å². The van der Waals surface area contributed by atoms with Gasteiger partial charge in [0, 0.05) is 31.4 Å². The van der Waals surface area contributed by atoms with Crippen LogP contribution in [0.25, 0.3) is 6.08 Å². The van der Waals surface area contributed by atoms with Crippen LogP contribution in [0.1, 0.15) is 25.8 Å². The third-order valence-corrected chi connectivity index (χ3v) is 2.63. The van der Waals surface area contributed by atoms with E-state index in [-0.39, 0.29) is 0 Å².